The van der Waals surface area contributed by atoms with E-state index in [1.54, 1.807) is 46.0 Å². The molecule has 4 rings (SSSR count). The molecule has 0 radical (unpaired) electrons. The molecule has 0 aliphatic carbocycles. The lowest BCUT2D eigenvalue weighted by molar-refractivity contribution is -0.138. The van der Waals surface area contributed by atoms with Gasteiger partial charge in [-0.05, 0) is 48.9 Å². The molecule has 2 amide bonds. The number of alkyl halides is 3. The van der Waals surface area contributed by atoms with Crippen molar-refractivity contribution in [3.8, 4) is 0 Å². The molecule has 0 bridgehead atoms. The van der Waals surface area contributed by atoms with Crippen molar-refractivity contribution in [3.63, 3.8) is 0 Å². The molecule has 0 unspecified atom stereocenters. The van der Waals surface area contributed by atoms with Crippen LogP contribution in [0.2, 0.25) is 0 Å². The van der Waals surface area contributed by atoms with Gasteiger partial charge in [-0.2, -0.15) is 13.2 Å². The third kappa shape index (κ3) is 5.92. The van der Waals surface area contributed by atoms with E-state index in [4.69, 9.17) is 5.11 Å². The van der Waals surface area contributed by atoms with E-state index in [1.165, 1.54) is 13.8 Å². The van der Waals surface area contributed by atoms with Gasteiger partial charge in [-0.15, -0.1) is 0 Å². The van der Waals surface area contributed by atoms with Crippen LogP contribution in [0.25, 0.3) is 10.9 Å². The Bertz CT molecular complexity index is 1530. The first-order valence-electron chi connectivity index (χ1n) is 12.5. The van der Waals surface area contributed by atoms with E-state index in [0.717, 1.165) is 16.7 Å². The minimum atomic E-state index is -4.72. The Labute approximate surface area is 227 Å². The summed E-state index contributed by atoms with van der Waals surface area (Å²) >= 11 is 0. The number of piperazine rings is 1. The number of fused-ring (bicyclic) bond motifs is 1. The highest BCUT2D eigenvalue weighted by Gasteiger charge is 2.34. The molecule has 1 aromatic heterocycles. The average Bonchev–Trinajstić information content (AvgIpc) is 2.90. The van der Waals surface area contributed by atoms with Gasteiger partial charge in [0.1, 0.15) is 12.4 Å². The van der Waals surface area contributed by atoms with Crippen molar-refractivity contribution >= 4 is 34.4 Å². The fraction of sp³-hybridized carbons (Fsp3) is 0.370. The number of halogens is 3. The van der Waals surface area contributed by atoms with Gasteiger partial charge in [0.25, 0.3) is 11.5 Å². The zero-order valence-electron chi connectivity index (χ0n) is 22.2. The van der Waals surface area contributed by atoms with E-state index in [-0.39, 0.29) is 40.6 Å². The number of nitrogens with zero attached hydrogens (tertiary/aromatic N) is 5. The Morgan fingerprint density at radius 3 is 2.17 bits per heavy atom. The van der Waals surface area contributed by atoms with Crippen molar-refractivity contribution in [3.05, 3.63) is 69.3 Å². The Balaban J connectivity index is 1.59. The number of aryl methyl sites for hydroxylation is 1. The van der Waals surface area contributed by atoms with Crippen molar-refractivity contribution in [1.29, 1.82) is 0 Å². The first kappa shape index (κ1) is 28.6. The number of carbonyl (C=O) groups excluding carboxylic acids is 2. The predicted molar refractivity (Wildman–Crippen MR) is 140 cm³/mol. The van der Waals surface area contributed by atoms with Crippen LogP contribution in [0.5, 0.6) is 0 Å². The molecule has 10 nitrogen and oxygen atoms in total. The van der Waals surface area contributed by atoms with E-state index in [0.29, 0.717) is 37.4 Å². The maximum absolute atomic E-state index is 14.0. The summed E-state index contributed by atoms with van der Waals surface area (Å²) in [5, 5.41) is 9.00. The Morgan fingerprint density at radius 1 is 1.02 bits per heavy atom. The molecule has 0 atom stereocenters. The van der Waals surface area contributed by atoms with Crippen LogP contribution < -0.4 is 10.5 Å². The minimum absolute atomic E-state index is 0.00624. The van der Waals surface area contributed by atoms with Gasteiger partial charge >= 0.3 is 12.1 Å². The van der Waals surface area contributed by atoms with Gasteiger partial charge in [0.05, 0.1) is 16.5 Å². The standard InChI is InChI=1S/C27H28F3N5O5/c1-16-31-23-13-22(27(28,29)30)19(12-21(23)26(40)35(16)15-24(37)38)14-32(3)20-6-4-18(5-7-20)25(39)34-10-8-33(9-11-34)17(2)36/h4-7,12-13H,8-11,14-15H2,1-3H3,(H,37,38). The van der Waals surface area contributed by atoms with Gasteiger partial charge in [-0.25, -0.2) is 4.98 Å². The zero-order valence-corrected chi connectivity index (χ0v) is 22.2. The van der Waals surface area contributed by atoms with Crippen molar-refractivity contribution in [2.45, 2.75) is 33.1 Å². The number of anilines is 1. The second-order valence-corrected chi connectivity index (χ2v) is 9.67. The van der Waals surface area contributed by atoms with Gasteiger partial charge in [-0.1, -0.05) is 0 Å². The second-order valence-electron chi connectivity index (χ2n) is 9.67. The molecule has 1 saturated heterocycles. The molecule has 212 valence electrons. The predicted octanol–water partition coefficient (Wildman–Crippen LogP) is 2.75. The second kappa shape index (κ2) is 11.0. The number of aromatic nitrogens is 2. The number of aliphatic carboxylic acids is 1. The van der Waals surface area contributed by atoms with Gasteiger partial charge in [0, 0.05) is 57.9 Å². The molecule has 0 saturated carbocycles. The lowest BCUT2D eigenvalue weighted by Crippen LogP contribution is -2.50. The summed E-state index contributed by atoms with van der Waals surface area (Å²) in [6, 6.07) is 8.35. The van der Waals surface area contributed by atoms with E-state index < -0.39 is 29.8 Å². The SMILES string of the molecule is CC(=O)N1CCN(C(=O)c2ccc(N(C)Cc3cc4c(=O)n(CC(=O)O)c(C)nc4cc3C(F)(F)F)cc2)CC1. The third-order valence-corrected chi connectivity index (χ3v) is 6.94. The number of hydrogen-bond acceptors (Lipinski definition) is 6. The number of rotatable bonds is 6. The number of amides is 2. The molecule has 1 fully saturated rings. The van der Waals surface area contributed by atoms with Gasteiger partial charge < -0.3 is 19.8 Å². The molecule has 1 N–H and O–H groups in total. The molecule has 40 heavy (non-hydrogen) atoms. The molecule has 0 spiro atoms. The van der Waals surface area contributed by atoms with Crippen LogP contribution in [0.15, 0.2) is 41.2 Å². The average molecular weight is 560 g/mol. The maximum atomic E-state index is 14.0. The summed E-state index contributed by atoms with van der Waals surface area (Å²) < 4.78 is 42.9. The van der Waals surface area contributed by atoms with Gasteiger partial charge in [0.2, 0.25) is 5.91 Å². The fourth-order valence-electron chi connectivity index (χ4n) is 4.75. The number of carboxylic acid groups (broad SMARTS) is 1. The molecular formula is C27H28F3N5O5. The summed E-state index contributed by atoms with van der Waals surface area (Å²) in [7, 11) is 1.58. The highest BCUT2D eigenvalue weighted by molar-refractivity contribution is 5.94. The summed E-state index contributed by atoms with van der Waals surface area (Å²) in [5.41, 5.74) is -1.10. The Morgan fingerprint density at radius 2 is 1.62 bits per heavy atom. The quantitative estimate of drug-likeness (QED) is 0.494. The molecule has 3 aromatic rings. The topological polar surface area (TPSA) is 116 Å². The lowest BCUT2D eigenvalue weighted by Gasteiger charge is -2.34. The van der Waals surface area contributed by atoms with Crippen LogP contribution in [-0.4, -0.2) is 75.5 Å². The van der Waals surface area contributed by atoms with Crippen molar-refractivity contribution < 1.29 is 32.7 Å². The van der Waals surface area contributed by atoms with Crippen molar-refractivity contribution in [2.24, 2.45) is 0 Å². The van der Waals surface area contributed by atoms with Crippen LogP contribution in [0, 0.1) is 6.92 Å². The minimum Gasteiger partial charge on any atom is -0.480 e. The Hall–Kier alpha value is -4.42. The highest BCUT2D eigenvalue weighted by Crippen LogP contribution is 2.35. The molecule has 1 aliphatic rings. The van der Waals surface area contributed by atoms with Gasteiger partial charge in [0.15, 0.2) is 0 Å². The van der Waals surface area contributed by atoms with Crippen LogP contribution in [0.3, 0.4) is 0 Å². The molecule has 2 aromatic carbocycles. The van der Waals surface area contributed by atoms with Crippen LogP contribution in [-0.2, 0) is 28.9 Å². The van der Waals surface area contributed by atoms with E-state index in [1.807, 2.05) is 0 Å². The smallest absolute Gasteiger partial charge is 0.416 e. The third-order valence-electron chi connectivity index (χ3n) is 6.94. The summed E-state index contributed by atoms with van der Waals surface area (Å²) in [6.07, 6.45) is -4.72. The van der Waals surface area contributed by atoms with Crippen LogP contribution >= 0.6 is 0 Å². The van der Waals surface area contributed by atoms with Crippen molar-refractivity contribution in [2.75, 3.05) is 38.1 Å². The molecule has 2 heterocycles. The van der Waals surface area contributed by atoms with Crippen molar-refractivity contribution in [1.82, 2.24) is 19.4 Å². The number of carbonyl (C=O) groups is 3. The van der Waals surface area contributed by atoms with Crippen LogP contribution in [0.1, 0.15) is 34.2 Å². The monoisotopic (exact) mass is 559 g/mol. The first-order chi connectivity index (χ1) is 18.8. The van der Waals surface area contributed by atoms with E-state index >= 15 is 0 Å². The Kier molecular flexibility index (Phi) is 7.85. The molecular weight excluding hydrogens is 531 g/mol. The summed E-state index contributed by atoms with van der Waals surface area (Å²) in [4.78, 5) is 57.4. The normalized spacial score (nSPS) is 13.9. The fourth-order valence-corrected chi connectivity index (χ4v) is 4.75. The number of hydrogen-bond donors (Lipinski definition) is 1. The van der Waals surface area contributed by atoms with E-state index in [2.05, 4.69) is 4.98 Å². The first-order valence-corrected chi connectivity index (χ1v) is 12.5. The number of benzene rings is 2. The summed E-state index contributed by atoms with van der Waals surface area (Å²) in [5.74, 6) is -1.53. The zero-order chi connectivity index (χ0) is 29.4. The largest absolute Gasteiger partial charge is 0.480 e. The molecule has 1 aliphatic heterocycles. The number of carboxylic acids is 1. The highest BCUT2D eigenvalue weighted by atomic mass is 19.4. The summed E-state index contributed by atoms with van der Waals surface area (Å²) in [6.45, 7) is 3.67. The van der Waals surface area contributed by atoms with E-state index in [9.17, 15) is 32.3 Å². The maximum Gasteiger partial charge on any atom is 0.416 e. The lowest BCUT2D eigenvalue weighted by atomic mass is 10.0. The molecule has 13 heteroatoms. The van der Waals surface area contributed by atoms with Gasteiger partial charge in [-0.3, -0.25) is 23.7 Å². The van der Waals surface area contributed by atoms with Crippen LogP contribution in [0.4, 0.5) is 18.9 Å².